The molecule has 1 heterocycles. The summed E-state index contributed by atoms with van der Waals surface area (Å²) in [6.07, 6.45) is 13.0. The number of amides is 1. The molecular weight excluding hydrogens is 460 g/mol. The standard InChI is InChI=1S/C32H44N2O3/c1-20-27(29(35)33-25-14-22(15-25)30(36)37)19-34(28(20)13-21-9-7-6-8-10-21)26-17-23(31(2,3)4)16-24(18-26)32(5)11-12-32/h16-19,21-22,25H,6-15H2,1-5H3,(H,33,35)(H,36,37)/t22-,25-. The lowest BCUT2D eigenvalue weighted by Gasteiger charge is -2.32. The Morgan fingerprint density at radius 3 is 2.35 bits per heavy atom. The maximum Gasteiger partial charge on any atom is 0.306 e. The fourth-order valence-corrected chi connectivity index (χ4v) is 6.22. The van der Waals surface area contributed by atoms with Crippen LogP contribution in [0.4, 0.5) is 0 Å². The number of hydrogen-bond donors (Lipinski definition) is 2. The van der Waals surface area contributed by atoms with Crippen LogP contribution in [-0.2, 0) is 22.0 Å². The third kappa shape index (κ3) is 5.37. The summed E-state index contributed by atoms with van der Waals surface area (Å²) < 4.78 is 2.31. The Bertz CT molecular complexity index is 1160. The van der Waals surface area contributed by atoms with Crippen molar-refractivity contribution in [1.82, 2.24) is 9.88 Å². The van der Waals surface area contributed by atoms with Gasteiger partial charge in [0.05, 0.1) is 11.5 Å². The van der Waals surface area contributed by atoms with Crippen molar-refractivity contribution in [1.29, 1.82) is 0 Å². The molecule has 0 spiro atoms. The van der Waals surface area contributed by atoms with Crippen LogP contribution in [0.15, 0.2) is 24.4 Å². The molecule has 3 saturated carbocycles. The fraction of sp³-hybridized carbons (Fsp3) is 0.625. The van der Waals surface area contributed by atoms with Crippen molar-refractivity contribution in [3.63, 3.8) is 0 Å². The molecule has 0 atom stereocenters. The number of nitrogens with zero attached hydrogens (tertiary/aromatic N) is 1. The van der Waals surface area contributed by atoms with Gasteiger partial charge in [-0.1, -0.05) is 65.9 Å². The normalized spacial score (nSPS) is 23.4. The zero-order valence-electron chi connectivity index (χ0n) is 23.3. The number of carbonyl (C=O) groups is 2. The van der Waals surface area contributed by atoms with E-state index in [2.05, 4.69) is 68.9 Å². The molecule has 3 fully saturated rings. The molecule has 0 saturated heterocycles. The summed E-state index contributed by atoms with van der Waals surface area (Å²) in [4.78, 5) is 24.6. The Hall–Kier alpha value is -2.56. The highest BCUT2D eigenvalue weighted by Crippen LogP contribution is 2.49. The largest absolute Gasteiger partial charge is 0.481 e. The second-order valence-corrected chi connectivity index (χ2v) is 13.4. The fourth-order valence-electron chi connectivity index (χ4n) is 6.22. The molecule has 3 aliphatic carbocycles. The van der Waals surface area contributed by atoms with Gasteiger partial charge in [-0.2, -0.15) is 0 Å². The molecule has 200 valence electrons. The van der Waals surface area contributed by atoms with E-state index in [-0.39, 0.29) is 28.7 Å². The molecule has 5 heteroatoms. The molecule has 0 unspecified atom stereocenters. The lowest BCUT2D eigenvalue weighted by atomic mass is 9.80. The second-order valence-electron chi connectivity index (χ2n) is 13.4. The summed E-state index contributed by atoms with van der Waals surface area (Å²) in [6.45, 7) is 11.3. The molecule has 5 rings (SSSR count). The molecule has 3 aliphatic rings. The molecule has 1 amide bonds. The zero-order chi connectivity index (χ0) is 26.5. The monoisotopic (exact) mass is 504 g/mol. The van der Waals surface area contributed by atoms with E-state index in [1.807, 2.05) is 0 Å². The van der Waals surface area contributed by atoms with Crippen molar-refractivity contribution in [2.45, 2.75) is 116 Å². The van der Waals surface area contributed by atoms with Crippen LogP contribution >= 0.6 is 0 Å². The number of carboxylic acids is 1. The van der Waals surface area contributed by atoms with Crippen molar-refractivity contribution in [3.8, 4) is 5.69 Å². The van der Waals surface area contributed by atoms with E-state index in [9.17, 15) is 14.7 Å². The molecule has 1 aromatic heterocycles. The maximum atomic E-state index is 13.4. The molecule has 0 radical (unpaired) electrons. The summed E-state index contributed by atoms with van der Waals surface area (Å²) in [6, 6.07) is 7.03. The number of aromatic nitrogens is 1. The number of benzene rings is 1. The minimum Gasteiger partial charge on any atom is -0.481 e. The Balaban J connectivity index is 1.52. The minimum atomic E-state index is -0.763. The predicted octanol–water partition coefficient (Wildman–Crippen LogP) is 6.85. The van der Waals surface area contributed by atoms with Crippen LogP contribution in [0.25, 0.3) is 5.69 Å². The van der Waals surface area contributed by atoms with E-state index in [1.54, 1.807) is 0 Å². The van der Waals surface area contributed by atoms with Gasteiger partial charge in [-0.15, -0.1) is 0 Å². The van der Waals surface area contributed by atoms with Crippen LogP contribution in [0.1, 0.15) is 118 Å². The van der Waals surface area contributed by atoms with Gasteiger partial charge in [0.2, 0.25) is 0 Å². The van der Waals surface area contributed by atoms with Crippen LogP contribution in [0.2, 0.25) is 0 Å². The average Bonchev–Trinajstić information content (AvgIpc) is 3.50. The van der Waals surface area contributed by atoms with Gasteiger partial charge in [-0.3, -0.25) is 9.59 Å². The van der Waals surface area contributed by atoms with E-state index in [1.165, 1.54) is 61.8 Å². The van der Waals surface area contributed by atoms with Crippen molar-refractivity contribution in [3.05, 3.63) is 52.3 Å². The van der Waals surface area contributed by atoms with Crippen molar-refractivity contribution in [2.24, 2.45) is 11.8 Å². The smallest absolute Gasteiger partial charge is 0.306 e. The number of nitrogens with one attached hydrogen (secondary N) is 1. The van der Waals surface area contributed by atoms with Crippen molar-refractivity contribution < 1.29 is 14.7 Å². The molecule has 0 bridgehead atoms. The maximum absolute atomic E-state index is 13.4. The van der Waals surface area contributed by atoms with Crippen LogP contribution in [-0.4, -0.2) is 27.6 Å². The van der Waals surface area contributed by atoms with Gasteiger partial charge in [0.1, 0.15) is 0 Å². The van der Waals surface area contributed by atoms with E-state index in [0.717, 1.165) is 23.2 Å². The molecule has 0 aliphatic heterocycles. The van der Waals surface area contributed by atoms with E-state index < -0.39 is 5.97 Å². The molecule has 2 N–H and O–H groups in total. The summed E-state index contributed by atoms with van der Waals surface area (Å²) in [5, 5.41) is 12.3. The highest BCUT2D eigenvalue weighted by atomic mass is 16.4. The highest BCUT2D eigenvalue weighted by Gasteiger charge is 2.40. The third-order valence-corrected chi connectivity index (χ3v) is 9.42. The third-order valence-electron chi connectivity index (χ3n) is 9.42. The van der Waals surface area contributed by atoms with Gasteiger partial charge in [-0.05, 0) is 84.6 Å². The lowest BCUT2D eigenvalue weighted by molar-refractivity contribution is -0.145. The van der Waals surface area contributed by atoms with Crippen LogP contribution in [0, 0.1) is 18.8 Å². The number of aliphatic carboxylic acids is 1. The Morgan fingerprint density at radius 1 is 1.08 bits per heavy atom. The molecule has 5 nitrogen and oxygen atoms in total. The number of rotatable bonds is 7. The Labute approximate surface area is 222 Å². The van der Waals surface area contributed by atoms with Gasteiger partial charge in [0, 0.05) is 23.6 Å². The summed E-state index contributed by atoms with van der Waals surface area (Å²) in [7, 11) is 0. The lowest BCUT2D eigenvalue weighted by Crippen LogP contribution is -2.46. The van der Waals surface area contributed by atoms with Crippen molar-refractivity contribution in [2.75, 3.05) is 0 Å². The molecule has 2 aromatic rings. The van der Waals surface area contributed by atoms with Crippen LogP contribution in [0.5, 0.6) is 0 Å². The first-order chi connectivity index (χ1) is 17.4. The van der Waals surface area contributed by atoms with Gasteiger partial charge in [0.25, 0.3) is 5.91 Å². The van der Waals surface area contributed by atoms with E-state index in [4.69, 9.17) is 0 Å². The molecule has 1 aromatic carbocycles. The zero-order valence-corrected chi connectivity index (χ0v) is 23.3. The average molecular weight is 505 g/mol. The highest BCUT2D eigenvalue weighted by molar-refractivity contribution is 5.96. The topological polar surface area (TPSA) is 71.3 Å². The van der Waals surface area contributed by atoms with E-state index in [0.29, 0.717) is 18.8 Å². The number of carbonyl (C=O) groups excluding carboxylic acids is 1. The Kier molecular flexibility index (Phi) is 6.79. The number of hydrogen-bond acceptors (Lipinski definition) is 2. The van der Waals surface area contributed by atoms with Gasteiger partial charge >= 0.3 is 5.97 Å². The summed E-state index contributed by atoms with van der Waals surface area (Å²) in [5.74, 6) is -0.510. The minimum absolute atomic E-state index is 0.0346. The second kappa shape index (κ2) is 9.63. The van der Waals surface area contributed by atoms with E-state index >= 15 is 0 Å². The first kappa shape index (κ1) is 26.1. The summed E-state index contributed by atoms with van der Waals surface area (Å²) in [5.41, 5.74) is 7.25. The van der Waals surface area contributed by atoms with Crippen LogP contribution in [0.3, 0.4) is 0 Å². The summed E-state index contributed by atoms with van der Waals surface area (Å²) >= 11 is 0. The Morgan fingerprint density at radius 2 is 1.76 bits per heavy atom. The predicted molar refractivity (Wildman–Crippen MR) is 148 cm³/mol. The van der Waals surface area contributed by atoms with Crippen molar-refractivity contribution >= 4 is 11.9 Å². The number of carboxylic acid groups (broad SMARTS) is 1. The SMILES string of the molecule is Cc1c(C(=O)N[C@H]2C[C@H](C(=O)O)C2)cn(-c2cc(C(C)(C)C)cc(C3(C)CC3)c2)c1CC1CCCCC1. The molecular formula is C32H44N2O3. The van der Waals surface area contributed by atoms with Gasteiger partial charge in [-0.25, -0.2) is 0 Å². The first-order valence-corrected chi connectivity index (χ1v) is 14.4. The van der Waals surface area contributed by atoms with Gasteiger partial charge < -0.3 is 15.0 Å². The van der Waals surface area contributed by atoms with Crippen LogP contribution < -0.4 is 5.32 Å². The first-order valence-electron chi connectivity index (χ1n) is 14.4. The van der Waals surface area contributed by atoms with Gasteiger partial charge in [0.15, 0.2) is 0 Å². The molecule has 37 heavy (non-hydrogen) atoms. The quantitative estimate of drug-likeness (QED) is 0.433.